The minimum Gasteiger partial charge on any atom is -0.492 e. The average Bonchev–Trinajstić information content (AvgIpc) is 2.59. The molecule has 1 N–H and O–H groups in total. The second-order valence-electron chi connectivity index (χ2n) is 5.10. The van der Waals surface area contributed by atoms with Crippen LogP contribution >= 0.6 is 31.9 Å². The summed E-state index contributed by atoms with van der Waals surface area (Å²) >= 11 is 6.76. The van der Waals surface area contributed by atoms with E-state index in [1.807, 2.05) is 19.1 Å². The molecule has 1 amide bonds. The van der Waals surface area contributed by atoms with Gasteiger partial charge in [0.1, 0.15) is 11.6 Å². The Labute approximate surface area is 168 Å². The first-order valence-corrected chi connectivity index (χ1v) is 9.26. The van der Waals surface area contributed by atoms with Gasteiger partial charge in [-0.15, -0.1) is 0 Å². The summed E-state index contributed by atoms with van der Waals surface area (Å²) < 4.78 is 12.4. The Morgan fingerprint density at radius 3 is 2.69 bits per heavy atom. The van der Waals surface area contributed by atoms with E-state index in [1.54, 1.807) is 37.4 Å². The molecule has 0 bridgehead atoms. The van der Waals surface area contributed by atoms with E-state index in [0.717, 1.165) is 4.47 Å². The first-order valence-electron chi connectivity index (χ1n) is 7.67. The maximum atomic E-state index is 12.4. The number of nitrogens with zero attached hydrogens (tertiary/aromatic N) is 1. The number of benzene rings is 2. The molecule has 0 aliphatic carbocycles. The minimum absolute atomic E-state index is 0.0236. The highest BCUT2D eigenvalue weighted by atomic mass is 79.9. The predicted octanol–water partition coefficient (Wildman–Crippen LogP) is 5.16. The highest BCUT2D eigenvalue weighted by Crippen LogP contribution is 2.37. The molecule has 0 unspecified atom stereocenters. The zero-order valence-corrected chi connectivity index (χ0v) is 17.3. The van der Waals surface area contributed by atoms with Crippen molar-refractivity contribution in [2.75, 3.05) is 19.0 Å². The smallest absolute Gasteiger partial charge is 0.266 e. The van der Waals surface area contributed by atoms with E-state index in [-0.39, 0.29) is 5.57 Å². The number of carbonyl (C=O) groups excluding carboxylic acids is 1. The molecule has 0 saturated heterocycles. The molecule has 5 nitrogen and oxygen atoms in total. The van der Waals surface area contributed by atoms with Gasteiger partial charge in [-0.2, -0.15) is 5.26 Å². The number of nitrogens with one attached hydrogen (secondary N) is 1. The second kappa shape index (κ2) is 9.41. The van der Waals surface area contributed by atoms with Gasteiger partial charge in [0.2, 0.25) is 0 Å². The normalized spacial score (nSPS) is 10.8. The number of amides is 1. The summed E-state index contributed by atoms with van der Waals surface area (Å²) in [6.45, 7) is 2.33. The van der Waals surface area contributed by atoms with Gasteiger partial charge < -0.3 is 14.8 Å². The van der Waals surface area contributed by atoms with Crippen LogP contribution in [0.1, 0.15) is 12.5 Å². The van der Waals surface area contributed by atoms with E-state index in [1.165, 1.54) is 6.08 Å². The van der Waals surface area contributed by atoms with Crippen LogP contribution in [0.15, 0.2) is 50.9 Å². The van der Waals surface area contributed by atoms with Gasteiger partial charge in [0.15, 0.2) is 11.5 Å². The summed E-state index contributed by atoms with van der Waals surface area (Å²) in [5.41, 5.74) is 1.21. The Bertz CT molecular complexity index is 889. The molecule has 0 aliphatic rings. The lowest BCUT2D eigenvalue weighted by molar-refractivity contribution is -0.112. The number of hydrogen-bond acceptors (Lipinski definition) is 4. The molecule has 2 rings (SSSR count). The van der Waals surface area contributed by atoms with E-state index in [0.29, 0.717) is 33.8 Å². The molecule has 26 heavy (non-hydrogen) atoms. The molecule has 7 heteroatoms. The van der Waals surface area contributed by atoms with Crippen LogP contribution in [-0.2, 0) is 4.79 Å². The van der Waals surface area contributed by atoms with E-state index >= 15 is 0 Å². The third-order valence-electron chi connectivity index (χ3n) is 3.29. The lowest BCUT2D eigenvalue weighted by atomic mass is 10.1. The first-order chi connectivity index (χ1) is 12.5. The van der Waals surface area contributed by atoms with Crippen molar-refractivity contribution in [1.82, 2.24) is 0 Å². The highest BCUT2D eigenvalue weighted by molar-refractivity contribution is 9.10. The van der Waals surface area contributed by atoms with E-state index in [9.17, 15) is 10.1 Å². The van der Waals surface area contributed by atoms with Crippen LogP contribution in [0.5, 0.6) is 11.5 Å². The van der Waals surface area contributed by atoms with Crippen LogP contribution in [0.2, 0.25) is 0 Å². The van der Waals surface area contributed by atoms with Crippen LogP contribution < -0.4 is 14.8 Å². The Balaban J connectivity index is 2.33. The Morgan fingerprint density at radius 1 is 1.31 bits per heavy atom. The van der Waals surface area contributed by atoms with E-state index < -0.39 is 5.91 Å². The van der Waals surface area contributed by atoms with E-state index in [2.05, 4.69) is 37.2 Å². The number of rotatable bonds is 6. The van der Waals surface area contributed by atoms with Gasteiger partial charge in [-0.05, 0) is 64.8 Å². The maximum absolute atomic E-state index is 12.4. The fraction of sp³-hybridized carbons (Fsp3) is 0.158. The highest BCUT2D eigenvalue weighted by Gasteiger charge is 2.13. The molecule has 134 valence electrons. The SMILES string of the molecule is CCOc1cc(/C=C(/C#N)C(=O)Nc2cccc(Br)c2)cc(Br)c1OC. The van der Waals surface area contributed by atoms with Crippen molar-refractivity contribution in [2.24, 2.45) is 0 Å². The van der Waals surface area contributed by atoms with Crippen LogP contribution in [0.3, 0.4) is 0 Å². The summed E-state index contributed by atoms with van der Waals surface area (Å²) in [6, 6.07) is 12.6. The van der Waals surface area contributed by atoms with Crippen molar-refractivity contribution in [3.63, 3.8) is 0 Å². The third-order valence-corrected chi connectivity index (χ3v) is 4.38. The molecule has 0 fully saturated rings. The Morgan fingerprint density at radius 2 is 2.08 bits per heavy atom. The van der Waals surface area contributed by atoms with Gasteiger partial charge in [-0.25, -0.2) is 0 Å². The number of nitriles is 1. The quantitative estimate of drug-likeness (QED) is 0.458. The van der Waals surface area contributed by atoms with Gasteiger partial charge in [-0.1, -0.05) is 22.0 Å². The summed E-state index contributed by atoms with van der Waals surface area (Å²) in [4.78, 5) is 12.4. The Kier molecular flexibility index (Phi) is 7.25. The summed E-state index contributed by atoms with van der Waals surface area (Å²) in [5, 5.41) is 12.1. The fourth-order valence-electron chi connectivity index (χ4n) is 2.21. The van der Waals surface area contributed by atoms with Gasteiger partial charge in [0.25, 0.3) is 5.91 Å². The Hall–Kier alpha value is -2.30. The van der Waals surface area contributed by atoms with Gasteiger partial charge in [0.05, 0.1) is 18.2 Å². The number of ether oxygens (including phenoxy) is 2. The molecule has 2 aromatic rings. The molecule has 0 radical (unpaired) electrons. The molecule has 0 spiro atoms. The monoisotopic (exact) mass is 478 g/mol. The third kappa shape index (κ3) is 5.10. The van der Waals surface area contributed by atoms with Crippen molar-refractivity contribution >= 4 is 49.5 Å². The van der Waals surface area contributed by atoms with Crippen LogP contribution in [0.25, 0.3) is 6.08 Å². The predicted molar refractivity (Wildman–Crippen MR) is 108 cm³/mol. The summed E-state index contributed by atoms with van der Waals surface area (Å²) in [6.07, 6.45) is 1.50. The topological polar surface area (TPSA) is 71.3 Å². The second-order valence-corrected chi connectivity index (χ2v) is 6.87. The molecule has 0 heterocycles. The average molecular weight is 480 g/mol. The molecule has 0 saturated carbocycles. The zero-order chi connectivity index (χ0) is 19.1. The maximum Gasteiger partial charge on any atom is 0.266 e. The molecular formula is C19H16Br2N2O3. The van der Waals surface area contributed by atoms with Crippen LogP contribution in [0.4, 0.5) is 5.69 Å². The van der Waals surface area contributed by atoms with Gasteiger partial charge in [0, 0.05) is 10.2 Å². The van der Waals surface area contributed by atoms with E-state index in [4.69, 9.17) is 9.47 Å². The van der Waals surface area contributed by atoms with Crippen molar-refractivity contribution in [3.8, 4) is 17.6 Å². The molecule has 0 atom stereocenters. The molecular weight excluding hydrogens is 464 g/mol. The van der Waals surface area contributed by atoms with Crippen molar-refractivity contribution < 1.29 is 14.3 Å². The largest absolute Gasteiger partial charge is 0.492 e. The lowest BCUT2D eigenvalue weighted by Gasteiger charge is -2.12. The number of carbonyl (C=O) groups is 1. The van der Waals surface area contributed by atoms with Crippen molar-refractivity contribution in [3.05, 3.63) is 56.5 Å². The van der Waals surface area contributed by atoms with Crippen molar-refractivity contribution in [2.45, 2.75) is 6.92 Å². The van der Waals surface area contributed by atoms with Crippen LogP contribution in [-0.4, -0.2) is 19.6 Å². The number of anilines is 1. The number of halogens is 2. The summed E-state index contributed by atoms with van der Waals surface area (Å²) in [7, 11) is 1.55. The number of hydrogen-bond donors (Lipinski definition) is 1. The zero-order valence-electron chi connectivity index (χ0n) is 14.2. The molecule has 2 aromatic carbocycles. The standard InChI is InChI=1S/C19H16Br2N2O3/c1-3-26-17-9-12(8-16(21)18(17)25-2)7-13(11-22)19(24)23-15-6-4-5-14(20)10-15/h4-10H,3H2,1-2H3,(H,23,24)/b13-7-. The lowest BCUT2D eigenvalue weighted by Crippen LogP contribution is -2.13. The minimum atomic E-state index is -0.490. The molecule has 0 aliphatic heterocycles. The fourth-order valence-corrected chi connectivity index (χ4v) is 3.23. The van der Waals surface area contributed by atoms with Crippen molar-refractivity contribution in [1.29, 1.82) is 5.26 Å². The summed E-state index contributed by atoms with van der Waals surface area (Å²) in [5.74, 6) is 0.594. The number of methoxy groups -OCH3 is 1. The molecule has 0 aromatic heterocycles. The first kappa shape index (κ1) is 20.0. The van der Waals surface area contributed by atoms with Gasteiger partial charge in [-0.3, -0.25) is 4.79 Å². The van der Waals surface area contributed by atoms with Gasteiger partial charge >= 0.3 is 0 Å². The van der Waals surface area contributed by atoms with Crippen LogP contribution in [0, 0.1) is 11.3 Å².